The van der Waals surface area contributed by atoms with Gasteiger partial charge in [0.15, 0.2) is 18.9 Å². The Morgan fingerprint density at radius 1 is 1.06 bits per heavy atom. The highest BCUT2D eigenvalue weighted by Crippen LogP contribution is 2.15. The summed E-state index contributed by atoms with van der Waals surface area (Å²) in [6, 6.07) is 11.7. The summed E-state index contributed by atoms with van der Waals surface area (Å²) in [7, 11) is 0. The highest BCUT2D eigenvalue weighted by atomic mass is 35.5. The van der Waals surface area contributed by atoms with Gasteiger partial charge >= 0.3 is 0 Å². The van der Waals surface area contributed by atoms with Crippen molar-refractivity contribution in [2.24, 2.45) is 0 Å². The van der Waals surface area contributed by atoms with Gasteiger partial charge in [0, 0.05) is 29.3 Å². The molecule has 4 heteroatoms. The van der Waals surface area contributed by atoms with Crippen molar-refractivity contribution in [3.63, 3.8) is 0 Å². The summed E-state index contributed by atoms with van der Waals surface area (Å²) >= 11 is 6.09. The maximum Gasteiger partial charge on any atom is 0.170 e. The highest BCUT2D eigenvalue weighted by Gasteiger charge is 2.03. The molecule has 0 fully saturated rings. The third kappa shape index (κ3) is 3.91. The molecule has 0 bridgehead atoms. The van der Waals surface area contributed by atoms with Gasteiger partial charge in [-0.05, 0) is 11.6 Å². The second kappa shape index (κ2) is 6.48. The Hall–Kier alpha value is -1.25. The van der Waals surface area contributed by atoms with Gasteiger partial charge in [0.25, 0.3) is 0 Å². The molecule has 0 amide bonds. The average Bonchev–Trinajstić information content (AvgIpc) is 2.30. The minimum absolute atomic E-state index is 0. The highest BCUT2D eigenvalue weighted by molar-refractivity contribution is 6.31. The number of rotatable bonds is 3. The van der Waals surface area contributed by atoms with Crippen LogP contribution in [0.3, 0.4) is 0 Å². The largest absolute Gasteiger partial charge is 0.398 e. The number of nitrogens with two attached hydrogens (primary N) is 1. The van der Waals surface area contributed by atoms with Crippen molar-refractivity contribution in [3.05, 3.63) is 59.4 Å². The number of nitrogen functional groups attached to an aromatic ring is 1. The van der Waals surface area contributed by atoms with Crippen molar-refractivity contribution >= 4 is 29.7 Å². The molecule has 17 heavy (non-hydrogen) atoms. The fourth-order valence-corrected chi connectivity index (χ4v) is 1.80. The van der Waals surface area contributed by atoms with Gasteiger partial charge in [-0.25, -0.2) is 4.57 Å². The zero-order chi connectivity index (χ0) is 11.4. The van der Waals surface area contributed by atoms with Crippen LogP contribution in [0.1, 0.15) is 5.56 Å². The molecule has 90 valence electrons. The zero-order valence-corrected chi connectivity index (χ0v) is 10.9. The predicted octanol–water partition coefficient (Wildman–Crippen LogP) is 2.87. The molecular formula is C13H15Cl2N2+. The van der Waals surface area contributed by atoms with Crippen LogP contribution in [-0.4, -0.2) is 0 Å². The Labute approximate surface area is 112 Å². The van der Waals surface area contributed by atoms with E-state index in [0.29, 0.717) is 0 Å². The lowest BCUT2D eigenvalue weighted by Crippen LogP contribution is -2.33. The summed E-state index contributed by atoms with van der Waals surface area (Å²) < 4.78 is 2.10. The van der Waals surface area contributed by atoms with Crippen LogP contribution < -0.4 is 10.3 Å². The smallest absolute Gasteiger partial charge is 0.170 e. The first-order chi connectivity index (χ1) is 7.75. The topological polar surface area (TPSA) is 29.9 Å². The first kappa shape index (κ1) is 13.8. The number of pyridine rings is 1. The predicted molar refractivity (Wildman–Crippen MR) is 73.5 cm³/mol. The Morgan fingerprint density at radius 3 is 2.35 bits per heavy atom. The summed E-state index contributed by atoms with van der Waals surface area (Å²) in [5, 5.41) is 0.832. The number of hydrogen-bond donors (Lipinski definition) is 1. The van der Waals surface area contributed by atoms with Gasteiger partial charge in [0.2, 0.25) is 0 Å². The van der Waals surface area contributed by atoms with Crippen molar-refractivity contribution < 1.29 is 4.57 Å². The second-order valence-electron chi connectivity index (χ2n) is 3.71. The fraction of sp³-hybridized carbons (Fsp3) is 0.154. The summed E-state index contributed by atoms with van der Waals surface area (Å²) in [5.74, 6) is 0. The molecule has 0 aliphatic carbocycles. The van der Waals surface area contributed by atoms with Gasteiger partial charge in [-0.15, -0.1) is 12.4 Å². The normalized spacial score (nSPS) is 9.71. The Kier molecular flexibility index (Phi) is 5.26. The number of anilines is 1. The van der Waals surface area contributed by atoms with Crippen LogP contribution in [0.2, 0.25) is 5.02 Å². The van der Waals surface area contributed by atoms with E-state index in [1.807, 2.05) is 42.7 Å². The summed E-state index contributed by atoms with van der Waals surface area (Å²) in [5.41, 5.74) is 7.58. The molecule has 0 atom stereocenters. The second-order valence-corrected chi connectivity index (χ2v) is 4.12. The van der Waals surface area contributed by atoms with Gasteiger partial charge in [-0.1, -0.05) is 29.8 Å². The van der Waals surface area contributed by atoms with E-state index in [1.54, 1.807) is 0 Å². The molecule has 1 aromatic heterocycles. The number of halogens is 2. The lowest BCUT2D eigenvalue weighted by molar-refractivity contribution is -0.696. The van der Waals surface area contributed by atoms with E-state index in [0.717, 1.165) is 23.7 Å². The molecule has 0 saturated heterocycles. The van der Waals surface area contributed by atoms with E-state index < -0.39 is 0 Å². The van der Waals surface area contributed by atoms with Crippen molar-refractivity contribution in [2.45, 2.75) is 13.0 Å². The third-order valence-corrected chi connectivity index (χ3v) is 2.88. The van der Waals surface area contributed by atoms with Crippen molar-refractivity contribution in [2.75, 3.05) is 5.73 Å². The molecule has 1 aromatic carbocycles. The van der Waals surface area contributed by atoms with Crippen molar-refractivity contribution in [1.29, 1.82) is 0 Å². The molecule has 0 aliphatic heterocycles. The molecule has 0 saturated carbocycles. The fourth-order valence-electron chi connectivity index (χ4n) is 1.57. The van der Waals surface area contributed by atoms with Crippen LogP contribution >= 0.6 is 24.0 Å². The van der Waals surface area contributed by atoms with E-state index in [9.17, 15) is 0 Å². The maximum atomic E-state index is 6.09. The van der Waals surface area contributed by atoms with Gasteiger partial charge in [-0.3, -0.25) is 0 Å². The number of benzene rings is 1. The SMILES string of the molecule is Cl.Nc1cc[n+](CCc2ccccc2Cl)cc1. The van der Waals surface area contributed by atoms with Crippen LogP contribution in [0, 0.1) is 0 Å². The molecule has 2 aromatic rings. The van der Waals surface area contributed by atoms with E-state index in [-0.39, 0.29) is 12.4 Å². The number of aryl methyl sites for hydroxylation is 2. The first-order valence-corrected chi connectivity index (χ1v) is 5.61. The van der Waals surface area contributed by atoms with Gasteiger partial charge in [-0.2, -0.15) is 0 Å². The number of aromatic nitrogens is 1. The minimum atomic E-state index is 0. The van der Waals surface area contributed by atoms with E-state index >= 15 is 0 Å². The lowest BCUT2D eigenvalue weighted by atomic mass is 10.1. The molecule has 0 spiro atoms. The summed E-state index contributed by atoms with van der Waals surface area (Å²) in [6.45, 7) is 0.907. The molecular weight excluding hydrogens is 255 g/mol. The van der Waals surface area contributed by atoms with Crippen molar-refractivity contribution in [3.8, 4) is 0 Å². The first-order valence-electron chi connectivity index (χ1n) is 5.24. The Bertz CT molecular complexity index is 469. The monoisotopic (exact) mass is 269 g/mol. The molecule has 0 unspecified atom stereocenters. The van der Waals surface area contributed by atoms with Gasteiger partial charge < -0.3 is 5.73 Å². The maximum absolute atomic E-state index is 6.09. The minimum Gasteiger partial charge on any atom is -0.398 e. The van der Waals surface area contributed by atoms with E-state index in [1.165, 1.54) is 5.56 Å². The Morgan fingerprint density at radius 2 is 1.71 bits per heavy atom. The van der Waals surface area contributed by atoms with Gasteiger partial charge in [0.05, 0.1) is 0 Å². The van der Waals surface area contributed by atoms with Crippen molar-refractivity contribution in [1.82, 2.24) is 0 Å². The molecule has 0 radical (unpaired) electrons. The Balaban J connectivity index is 0.00000144. The molecule has 2 N–H and O–H groups in total. The standard InChI is InChI=1S/C13H13ClN2.ClH/c14-13-4-2-1-3-11(13)5-8-16-9-6-12(15)7-10-16;/h1-4,6-7,9-10,15H,5,8H2;1H/p+1. The number of hydrogen-bond acceptors (Lipinski definition) is 1. The summed E-state index contributed by atoms with van der Waals surface area (Å²) in [6.07, 6.45) is 4.88. The van der Waals surface area contributed by atoms with E-state index in [4.69, 9.17) is 17.3 Å². The average molecular weight is 270 g/mol. The van der Waals surface area contributed by atoms with Crippen LogP contribution in [-0.2, 0) is 13.0 Å². The summed E-state index contributed by atoms with van der Waals surface area (Å²) in [4.78, 5) is 0. The number of nitrogens with zero attached hydrogens (tertiary/aromatic N) is 1. The van der Waals surface area contributed by atoms with Crippen LogP contribution in [0.5, 0.6) is 0 Å². The third-order valence-electron chi connectivity index (χ3n) is 2.51. The molecule has 2 nitrogen and oxygen atoms in total. The van der Waals surface area contributed by atoms with Crippen LogP contribution in [0.15, 0.2) is 48.8 Å². The van der Waals surface area contributed by atoms with Crippen LogP contribution in [0.25, 0.3) is 0 Å². The van der Waals surface area contributed by atoms with Crippen LogP contribution in [0.4, 0.5) is 5.69 Å². The molecule has 1 heterocycles. The quantitative estimate of drug-likeness (QED) is 0.854. The zero-order valence-electron chi connectivity index (χ0n) is 9.34. The molecule has 2 rings (SSSR count). The molecule has 0 aliphatic rings. The lowest BCUT2D eigenvalue weighted by Gasteiger charge is -2.01. The van der Waals surface area contributed by atoms with Gasteiger partial charge in [0.1, 0.15) is 0 Å². The van der Waals surface area contributed by atoms with E-state index in [2.05, 4.69) is 10.6 Å².